The lowest BCUT2D eigenvalue weighted by atomic mass is 10.2. The molecule has 0 aromatic carbocycles. The highest BCUT2D eigenvalue weighted by molar-refractivity contribution is 4.78. The van der Waals surface area contributed by atoms with Gasteiger partial charge in [-0.25, -0.2) is 4.39 Å². The monoisotopic (exact) mass is 134 g/mol. The molecule has 1 saturated heterocycles. The quantitative estimate of drug-likeness (QED) is 0.565. The molecule has 3 atom stereocenters. The smallest absolute Gasteiger partial charge is 0.128 e. The van der Waals surface area contributed by atoms with Crippen LogP contribution >= 0.6 is 0 Å². The van der Waals surface area contributed by atoms with Crippen molar-refractivity contribution in [1.82, 2.24) is 0 Å². The van der Waals surface area contributed by atoms with Gasteiger partial charge in [0.05, 0.1) is 18.8 Å². The average molecular weight is 134 g/mol. The molecule has 2 nitrogen and oxygen atoms in total. The van der Waals surface area contributed by atoms with Crippen molar-refractivity contribution >= 4 is 0 Å². The van der Waals surface area contributed by atoms with Gasteiger partial charge in [-0.15, -0.1) is 0 Å². The highest BCUT2D eigenvalue weighted by Gasteiger charge is 2.31. The average Bonchev–Trinajstić information content (AvgIpc) is 2.13. The first-order valence-electron chi connectivity index (χ1n) is 3.14. The molecular weight excluding hydrogens is 123 g/mol. The van der Waals surface area contributed by atoms with E-state index >= 15 is 0 Å². The van der Waals surface area contributed by atoms with E-state index in [0.717, 1.165) is 0 Å². The third-order valence-corrected chi connectivity index (χ3v) is 1.61. The second kappa shape index (κ2) is 2.62. The summed E-state index contributed by atoms with van der Waals surface area (Å²) in [6.45, 7) is 1.62. The summed E-state index contributed by atoms with van der Waals surface area (Å²) in [5.74, 6) is 0. The van der Waals surface area contributed by atoms with Crippen molar-refractivity contribution in [3.63, 3.8) is 0 Å². The maximum atomic E-state index is 12.5. The van der Waals surface area contributed by atoms with Gasteiger partial charge in [0.1, 0.15) is 6.17 Å². The highest BCUT2D eigenvalue weighted by atomic mass is 19.1. The van der Waals surface area contributed by atoms with E-state index in [1.54, 1.807) is 6.92 Å². The Kier molecular flexibility index (Phi) is 2.03. The summed E-state index contributed by atoms with van der Waals surface area (Å²) in [5, 5.41) is 8.51. The Morgan fingerprint density at radius 2 is 2.44 bits per heavy atom. The molecule has 0 aromatic heterocycles. The molecule has 0 saturated carbocycles. The van der Waals surface area contributed by atoms with Gasteiger partial charge in [0, 0.05) is 6.42 Å². The predicted molar refractivity (Wildman–Crippen MR) is 30.9 cm³/mol. The minimum absolute atomic E-state index is 0.0647. The first-order valence-corrected chi connectivity index (χ1v) is 3.14. The van der Waals surface area contributed by atoms with Crippen molar-refractivity contribution in [1.29, 1.82) is 0 Å². The molecule has 1 N–H and O–H groups in total. The van der Waals surface area contributed by atoms with E-state index in [-0.39, 0.29) is 18.8 Å². The number of hydrogen-bond donors (Lipinski definition) is 1. The van der Waals surface area contributed by atoms with E-state index in [1.807, 2.05) is 0 Å². The molecule has 0 spiro atoms. The summed E-state index contributed by atoms with van der Waals surface area (Å²) in [6, 6.07) is 0. The summed E-state index contributed by atoms with van der Waals surface area (Å²) in [6.07, 6.45) is -1.14. The van der Waals surface area contributed by atoms with Crippen LogP contribution in [-0.4, -0.2) is 30.1 Å². The van der Waals surface area contributed by atoms with Crippen LogP contribution in [0.15, 0.2) is 0 Å². The van der Waals surface area contributed by atoms with Crippen LogP contribution in [0.4, 0.5) is 4.39 Å². The Bertz CT molecular complexity index is 87.1. The fraction of sp³-hybridized carbons (Fsp3) is 1.00. The summed E-state index contributed by atoms with van der Waals surface area (Å²) >= 11 is 0. The summed E-state index contributed by atoms with van der Waals surface area (Å²) in [5.41, 5.74) is 0. The van der Waals surface area contributed by atoms with Crippen LogP contribution in [0, 0.1) is 0 Å². The van der Waals surface area contributed by atoms with E-state index in [4.69, 9.17) is 9.84 Å². The minimum Gasteiger partial charge on any atom is -0.394 e. The second-order valence-corrected chi connectivity index (χ2v) is 2.40. The molecule has 1 aliphatic heterocycles. The standard InChI is InChI=1S/C6H11FO2/c1-4-6(7)2-5(3-8)9-4/h4-6,8H,2-3H2,1H3. The van der Waals surface area contributed by atoms with Crippen molar-refractivity contribution < 1.29 is 14.2 Å². The molecule has 9 heavy (non-hydrogen) atoms. The van der Waals surface area contributed by atoms with E-state index in [2.05, 4.69) is 0 Å². The largest absolute Gasteiger partial charge is 0.394 e. The van der Waals surface area contributed by atoms with Crippen molar-refractivity contribution in [2.24, 2.45) is 0 Å². The van der Waals surface area contributed by atoms with Crippen LogP contribution in [0.3, 0.4) is 0 Å². The molecule has 3 heteroatoms. The van der Waals surface area contributed by atoms with Crippen LogP contribution in [0.25, 0.3) is 0 Å². The lowest BCUT2D eigenvalue weighted by Gasteiger charge is -2.05. The SMILES string of the molecule is CC1OC(CO)CC1F. The predicted octanol–water partition coefficient (Wildman–Crippen LogP) is 0.494. The third-order valence-electron chi connectivity index (χ3n) is 1.61. The fourth-order valence-corrected chi connectivity index (χ4v) is 1.00. The zero-order valence-corrected chi connectivity index (χ0v) is 5.38. The van der Waals surface area contributed by atoms with E-state index in [1.165, 1.54) is 0 Å². The van der Waals surface area contributed by atoms with E-state index in [0.29, 0.717) is 6.42 Å². The van der Waals surface area contributed by atoms with Gasteiger partial charge in [-0.2, -0.15) is 0 Å². The minimum atomic E-state index is -0.887. The first-order chi connectivity index (χ1) is 4.24. The molecule has 1 aliphatic rings. The highest BCUT2D eigenvalue weighted by Crippen LogP contribution is 2.21. The fourth-order valence-electron chi connectivity index (χ4n) is 1.00. The molecule has 0 aliphatic carbocycles. The summed E-state index contributed by atoms with van der Waals surface area (Å²) in [4.78, 5) is 0. The van der Waals surface area contributed by atoms with E-state index in [9.17, 15) is 4.39 Å². The van der Waals surface area contributed by atoms with Crippen molar-refractivity contribution in [2.75, 3.05) is 6.61 Å². The molecular formula is C6H11FO2. The number of hydrogen-bond acceptors (Lipinski definition) is 2. The lowest BCUT2D eigenvalue weighted by Crippen LogP contribution is -2.12. The number of alkyl halides is 1. The number of rotatable bonds is 1. The molecule has 1 rings (SSSR count). The molecule has 0 amide bonds. The molecule has 0 bridgehead atoms. The van der Waals surface area contributed by atoms with Gasteiger partial charge in [0.15, 0.2) is 0 Å². The number of ether oxygens (including phenoxy) is 1. The van der Waals surface area contributed by atoms with Gasteiger partial charge in [0.25, 0.3) is 0 Å². The molecule has 1 fully saturated rings. The third kappa shape index (κ3) is 1.40. The van der Waals surface area contributed by atoms with Crippen molar-refractivity contribution in [3.05, 3.63) is 0 Å². The van der Waals surface area contributed by atoms with Crippen LogP contribution in [0.2, 0.25) is 0 Å². The number of halogens is 1. The Morgan fingerprint density at radius 1 is 1.78 bits per heavy atom. The Labute approximate surface area is 53.6 Å². The molecule has 3 unspecified atom stereocenters. The Balaban J connectivity index is 2.35. The first kappa shape index (κ1) is 6.96. The van der Waals surface area contributed by atoms with Gasteiger partial charge < -0.3 is 9.84 Å². The zero-order valence-electron chi connectivity index (χ0n) is 5.38. The summed E-state index contributed by atoms with van der Waals surface area (Å²) < 4.78 is 17.5. The molecule has 0 aromatic rings. The van der Waals surface area contributed by atoms with Gasteiger partial charge in [-0.1, -0.05) is 0 Å². The van der Waals surface area contributed by atoms with Gasteiger partial charge in [-0.05, 0) is 6.92 Å². The molecule has 1 heterocycles. The zero-order chi connectivity index (χ0) is 6.85. The normalized spacial score (nSPS) is 43.7. The second-order valence-electron chi connectivity index (χ2n) is 2.40. The Hall–Kier alpha value is -0.150. The molecule has 0 radical (unpaired) electrons. The summed E-state index contributed by atoms with van der Waals surface area (Å²) in [7, 11) is 0. The van der Waals surface area contributed by atoms with Crippen LogP contribution in [-0.2, 0) is 4.74 Å². The van der Waals surface area contributed by atoms with Gasteiger partial charge in [-0.3, -0.25) is 0 Å². The number of aliphatic hydroxyl groups excluding tert-OH is 1. The lowest BCUT2D eigenvalue weighted by molar-refractivity contribution is 0.0110. The van der Waals surface area contributed by atoms with Crippen LogP contribution in [0.5, 0.6) is 0 Å². The van der Waals surface area contributed by atoms with Crippen LogP contribution < -0.4 is 0 Å². The number of aliphatic hydroxyl groups is 1. The van der Waals surface area contributed by atoms with E-state index < -0.39 is 6.17 Å². The maximum absolute atomic E-state index is 12.5. The van der Waals surface area contributed by atoms with Crippen molar-refractivity contribution in [2.45, 2.75) is 31.7 Å². The van der Waals surface area contributed by atoms with Gasteiger partial charge >= 0.3 is 0 Å². The topological polar surface area (TPSA) is 29.5 Å². The van der Waals surface area contributed by atoms with Crippen molar-refractivity contribution in [3.8, 4) is 0 Å². The van der Waals surface area contributed by atoms with Crippen LogP contribution in [0.1, 0.15) is 13.3 Å². The maximum Gasteiger partial charge on any atom is 0.128 e. The molecule has 54 valence electrons. The van der Waals surface area contributed by atoms with Gasteiger partial charge in [0.2, 0.25) is 0 Å². The Morgan fingerprint density at radius 3 is 2.67 bits per heavy atom.